The number of hydrogen-bond donors (Lipinski definition) is 0. The number of halogens is 1. The molecule has 126 valence electrons. The van der Waals surface area contributed by atoms with Crippen molar-refractivity contribution in [1.82, 2.24) is 5.06 Å². The third kappa shape index (κ3) is 2.36. The second kappa shape index (κ2) is 5.70. The highest BCUT2D eigenvalue weighted by Gasteiger charge is 2.41. The number of nitrogens with zero attached hydrogens (tertiary/aromatic N) is 1. The van der Waals surface area contributed by atoms with E-state index in [4.69, 9.17) is 9.57 Å². The molecule has 7 heteroatoms. The van der Waals surface area contributed by atoms with Crippen molar-refractivity contribution in [2.45, 2.75) is 12.3 Å². The molecule has 1 unspecified atom stereocenters. The predicted molar refractivity (Wildman–Crippen MR) is 82.3 cm³/mol. The summed E-state index contributed by atoms with van der Waals surface area (Å²) < 4.78 is 19.1. The summed E-state index contributed by atoms with van der Waals surface area (Å²) in [5, 5.41) is 0.460. The highest BCUT2D eigenvalue weighted by atomic mass is 19.1. The van der Waals surface area contributed by atoms with E-state index in [1.165, 1.54) is 24.3 Å². The molecule has 0 spiro atoms. The van der Waals surface area contributed by atoms with Crippen LogP contribution in [0.4, 0.5) is 4.39 Å². The van der Waals surface area contributed by atoms with Crippen LogP contribution in [-0.2, 0) is 9.63 Å². The molecule has 6 nitrogen and oxygen atoms in total. The number of carbonyl (C=O) groups excluding carboxylic acids is 3. The maximum Gasteiger partial charge on any atom is 0.340 e. The lowest BCUT2D eigenvalue weighted by molar-refractivity contribution is -0.171. The Balaban J connectivity index is 1.60. The normalized spacial score (nSPS) is 18.4. The SMILES string of the molecule is O=C(ON1C(=O)c2ccccc2C1=O)C1CCOc2c(F)cccc21. The monoisotopic (exact) mass is 341 g/mol. The van der Waals surface area contributed by atoms with Gasteiger partial charge < -0.3 is 9.57 Å². The second-order valence-electron chi connectivity index (χ2n) is 5.71. The number of hydrogen-bond acceptors (Lipinski definition) is 5. The first-order chi connectivity index (χ1) is 12.1. The first-order valence-corrected chi connectivity index (χ1v) is 7.69. The summed E-state index contributed by atoms with van der Waals surface area (Å²) >= 11 is 0. The van der Waals surface area contributed by atoms with Crippen LogP contribution in [0.5, 0.6) is 5.75 Å². The summed E-state index contributed by atoms with van der Waals surface area (Å²) in [5.41, 5.74) is 0.699. The van der Waals surface area contributed by atoms with E-state index < -0.39 is 29.5 Å². The Morgan fingerprint density at radius 3 is 2.44 bits per heavy atom. The van der Waals surface area contributed by atoms with Crippen molar-refractivity contribution >= 4 is 17.8 Å². The molecule has 0 aromatic heterocycles. The molecule has 2 aliphatic heterocycles. The minimum absolute atomic E-state index is 0.00180. The number of fused-ring (bicyclic) bond motifs is 2. The molecular weight excluding hydrogens is 329 g/mol. The van der Waals surface area contributed by atoms with Crippen molar-refractivity contribution in [3.05, 3.63) is 65.0 Å². The molecule has 0 radical (unpaired) electrons. The zero-order chi connectivity index (χ0) is 17.6. The average Bonchev–Trinajstić information content (AvgIpc) is 2.87. The van der Waals surface area contributed by atoms with Gasteiger partial charge in [0.1, 0.15) is 0 Å². The molecule has 1 atom stereocenters. The van der Waals surface area contributed by atoms with Crippen molar-refractivity contribution in [2.24, 2.45) is 0 Å². The fraction of sp³-hybridized carbons (Fsp3) is 0.167. The van der Waals surface area contributed by atoms with Gasteiger partial charge in [-0.25, -0.2) is 9.18 Å². The summed E-state index contributed by atoms with van der Waals surface area (Å²) in [6.07, 6.45) is 0.262. The summed E-state index contributed by atoms with van der Waals surface area (Å²) in [7, 11) is 0. The number of hydroxylamine groups is 2. The molecule has 0 fully saturated rings. The number of imide groups is 1. The lowest BCUT2D eigenvalue weighted by Gasteiger charge is -2.25. The van der Waals surface area contributed by atoms with Crippen molar-refractivity contribution in [3.8, 4) is 5.75 Å². The Bertz CT molecular complexity index is 875. The first-order valence-electron chi connectivity index (χ1n) is 7.69. The molecular formula is C18H12FNO5. The Labute approximate surface area is 141 Å². The summed E-state index contributed by atoms with van der Waals surface area (Å²) in [5.74, 6) is -3.58. The van der Waals surface area contributed by atoms with E-state index in [1.807, 2.05) is 0 Å². The Morgan fingerprint density at radius 1 is 1.08 bits per heavy atom. The van der Waals surface area contributed by atoms with E-state index >= 15 is 0 Å². The maximum absolute atomic E-state index is 13.8. The average molecular weight is 341 g/mol. The largest absolute Gasteiger partial charge is 0.490 e. The fourth-order valence-corrected chi connectivity index (χ4v) is 3.03. The maximum atomic E-state index is 13.8. The van der Waals surface area contributed by atoms with Crippen molar-refractivity contribution < 1.29 is 28.3 Å². The Hall–Kier alpha value is -3.22. The lowest BCUT2D eigenvalue weighted by atomic mass is 9.93. The minimum Gasteiger partial charge on any atom is -0.490 e. The van der Waals surface area contributed by atoms with Crippen LogP contribution >= 0.6 is 0 Å². The van der Waals surface area contributed by atoms with Crippen molar-refractivity contribution in [3.63, 3.8) is 0 Å². The van der Waals surface area contributed by atoms with Crippen LogP contribution in [0, 0.1) is 5.82 Å². The van der Waals surface area contributed by atoms with E-state index in [1.54, 1.807) is 18.2 Å². The van der Waals surface area contributed by atoms with Gasteiger partial charge >= 0.3 is 5.97 Å². The third-order valence-electron chi connectivity index (χ3n) is 4.25. The van der Waals surface area contributed by atoms with E-state index in [0.29, 0.717) is 10.6 Å². The smallest absolute Gasteiger partial charge is 0.340 e. The Kier molecular flexibility index (Phi) is 3.49. The minimum atomic E-state index is -0.816. The standard InChI is InChI=1S/C18H12FNO5/c19-14-7-3-6-10-13(8-9-24-15(10)14)18(23)25-20-16(21)11-4-1-2-5-12(11)17(20)22/h1-7,13H,8-9H2. The summed E-state index contributed by atoms with van der Waals surface area (Å²) in [4.78, 5) is 42.1. The van der Waals surface area contributed by atoms with E-state index in [0.717, 1.165) is 0 Å². The molecule has 2 aromatic carbocycles. The van der Waals surface area contributed by atoms with Gasteiger partial charge in [0, 0.05) is 5.56 Å². The van der Waals surface area contributed by atoms with Crippen LogP contribution in [0.2, 0.25) is 0 Å². The quantitative estimate of drug-likeness (QED) is 0.785. The molecule has 0 saturated heterocycles. The highest BCUT2D eigenvalue weighted by molar-refractivity contribution is 6.20. The van der Waals surface area contributed by atoms with Crippen molar-refractivity contribution in [2.75, 3.05) is 6.61 Å². The highest BCUT2D eigenvalue weighted by Crippen LogP contribution is 2.36. The van der Waals surface area contributed by atoms with Crippen LogP contribution in [0.15, 0.2) is 42.5 Å². The molecule has 2 heterocycles. The van der Waals surface area contributed by atoms with Gasteiger partial charge in [-0.05, 0) is 24.6 Å². The van der Waals surface area contributed by atoms with E-state index in [2.05, 4.69) is 0 Å². The third-order valence-corrected chi connectivity index (χ3v) is 4.25. The predicted octanol–water partition coefficient (Wildman–Crippen LogP) is 2.45. The van der Waals surface area contributed by atoms with Gasteiger partial charge in [-0.15, -0.1) is 0 Å². The molecule has 2 aromatic rings. The molecule has 25 heavy (non-hydrogen) atoms. The van der Waals surface area contributed by atoms with Crippen LogP contribution in [0.1, 0.15) is 38.6 Å². The number of amides is 2. The lowest BCUT2D eigenvalue weighted by Crippen LogP contribution is -2.35. The molecule has 0 saturated carbocycles. The molecule has 0 N–H and O–H groups in total. The zero-order valence-corrected chi connectivity index (χ0v) is 12.9. The number of carbonyl (C=O) groups is 3. The summed E-state index contributed by atoms with van der Waals surface area (Å²) in [6, 6.07) is 10.5. The molecule has 2 aliphatic rings. The number of para-hydroxylation sites is 1. The fourth-order valence-electron chi connectivity index (χ4n) is 3.03. The zero-order valence-electron chi connectivity index (χ0n) is 12.9. The molecule has 0 aliphatic carbocycles. The van der Waals surface area contributed by atoms with Gasteiger partial charge in [0.25, 0.3) is 11.8 Å². The summed E-state index contributed by atoms with van der Waals surface area (Å²) in [6.45, 7) is 0.135. The number of benzene rings is 2. The first kappa shape index (κ1) is 15.3. The van der Waals surface area contributed by atoms with Gasteiger partial charge in [0.15, 0.2) is 11.6 Å². The van der Waals surface area contributed by atoms with Crippen LogP contribution in [0.3, 0.4) is 0 Å². The van der Waals surface area contributed by atoms with Crippen LogP contribution in [-0.4, -0.2) is 29.5 Å². The number of ether oxygens (including phenoxy) is 1. The molecule has 0 bridgehead atoms. The van der Waals surface area contributed by atoms with Gasteiger partial charge in [-0.1, -0.05) is 29.3 Å². The van der Waals surface area contributed by atoms with Gasteiger partial charge in [-0.3, -0.25) is 9.59 Å². The van der Waals surface area contributed by atoms with Gasteiger partial charge in [0.05, 0.1) is 23.7 Å². The number of rotatable bonds is 2. The molecule has 2 amide bonds. The second-order valence-corrected chi connectivity index (χ2v) is 5.71. The van der Waals surface area contributed by atoms with Crippen molar-refractivity contribution in [1.29, 1.82) is 0 Å². The topological polar surface area (TPSA) is 72.9 Å². The van der Waals surface area contributed by atoms with Crippen LogP contribution in [0.25, 0.3) is 0 Å². The van der Waals surface area contributed by atoms with Crippen LogP contribution < -0.4 is 4.74 Å². The Morgan fingerprint density at radius 2 is 1.76 bits per heavy atom. The van der Waals surface area contributed by atoms with Gasteiger partial charge in [-0.2, -0.15) is 0 Å². The van der Waals surface area contributed by atoms with E-state index in [9.17, 15) is 18.8 Å². The van der Waals surface area contributed by atoms with E-state index in [-0.39, 0.29) is 29.9 Å². The van der Waals surface area contributed by atoms with Gasteiger partial charge in [0.2, 0.25) is 0 Å². The molecule has 4 rings (SSSR count).